The van der Waals surface area contributed by atoms with Gasteiger partial charge in [-0.2, -0.15) is 0 Å². The number of anilines is 1. The van der Waals surface area contributed by atoms with Gasteiger partial charge < -0.3 is 10.1 Å². The molecular weight excluding hydrogens is 346 g/mol. The van der Waals surface area contributed by atoms with Gasteiger partial charge in [0.15, 0.2) is 12.4 Å². The zero-order chi connectivity index (χ0) is 17.0. The van der Waals surface area contributed by atoms with Gasteiger partial charge in [0.25, 0.3) is 5.91 Å². The molecule has 1 N–H and O–H groups in total. The van der Waals surface area contributed by atoms with E-state index in [1.807, 2.05) is 0 Å². The van der Waals surface area contributed by atoms with E-state index >= 15 is 0 Å². The van der Waals surface area contributed by atoms with Crippen molar-refractivity contribution in [2.24, 2.45) is 0 Å². The molecule has 2 aromatic rings. The molecule has 8 heteroatoms. The lowest BCUT2D eigenvalue weighted by Gasteiger charge is -2.08. The Labute approximate surface area is 141 Å². The number of hydrogen-bond acceptors (Lipinski definition) is 4. The average Bonchev–Trinajstić information content (AvgIpc) is 2.50. The molecule has 5 nitrogen and oxygen atoms in total. The van der Waals surface area contributed by atoms with Crippen LogP contribution in [0.2, 0.25) is 10.0 Å². The molecule has 0 bridgehead atoms. The number of pyridine rings is 1. The minimum atomic E-state index is -0.811. The van der Waals surface area contributed by atoms with E-state index < -0.39 is 24.3 Å². The molecule has 0 spiro atoms. The number of nitrogens with zero attached hydrogens (tertiary/aromatic N) is 1. The molecule has 0 saturated heterocycles. The van der Waals surface area contributed by atoms with Crippen LogP contribution in [0.25, 0.3) is 0 Å². The fourth-order valence-corrected chi connectivity index (χ4v) is 2.04. The minimum Gasteiger partial charge on any atom is -0.452 e. The zero-order valence-electron chi connectivity index (χ0n) is 11.9. The van der Waals surface area contributed by atoms with Gasteiger partial charge in [-0.1, -0.05) is 29.3 Å². The maximum atomic E-state index is 13.4. The van der Waals surface area contributed by atoms with Gasteiger partial charge in [0, 0.05) is 6.20 Å². The topological polar surface area (TPSA) is 68.3 Å². The highest BCUT2D eigenvalue weighted by atomic mass is 35.5. The van der Waals surface area contributed by atoms with Crippen molar-refractivity contribution in [3.8, 4) is 0 Å². The second kappa shape index (κ2) is 7.39. The molecule has 0 atom stereocenters. The van der Waals surface area contributed by atoms with Crippen LogP contribution in [0.3, 0.4) is 0 Å². The van der Waals surface area contributed by atoms with Crippen molar-refractivity contribution >= 4 is 40.9 Å². The first-order chi connectivity index (χ1) is 10.9. The predicted octanol–water partition coefficient (Wildman–Crippen LogP) is 3.63. The predicted molar refractivity (Wildman–Crippen MR) is 84.3 cm³/mol. The number of aromatic nitrogens is 1. The Kier molecular flexibility index (Phi) is 5.52. The van der Waals surface area contributed by atoms with Crippen LogP contribution < -0.4 is 5.32 Å². The molecule has 0 aliphatic carbocycles. The number of carbonyl (C=O) groups is 2. The molecule has 0 radical (unpaired) electrons. The highest BCUT2D eigenvalue weighted by Crippen LogP contribution is 2.22. The summed E-state index contributed by atoms with van der Waals surface area (Å²) in [7, 11) is 0. The minimum absolute atomic E-state index is 0.0172. The van der Waals surface area contributed by atoms with Crippen molar-refractivity contribution in [3.63, 3.8) is 0 Å². The van der Waals surface area contributed by atoms with E-state index in [2.05, 4.69) is 10.3 Å². The van der Waals surface area contributed by atoms with Crippen LogP contribution in [0.15, 0.2) is 30.5 Å². The Bertz CT molecular complexity index is 768. The van der Waals surface area contributed by atoms with E-state index in [1.54, 1.807) is 6.92 Å². The molecule has 0 unspecified atom stereocenters. The average molecular weight is 357 g/mol. The number of rotatable bonds is 4. The maximum absolute atomic E-state index is 13.4. The van der Waals surface area contributed by atoms with Crippen molar-refractivity contribution in [1.29, 1.82) is 0 Å². The number of benzene rings is 1. The van der Waals surface area contributed by atoms with Crippen LogP contribution in [0, 0.1) is 12.7 Å². The number of ether oxygens (including phenoxy) is 1. The van der Waals surface area contributed by atoms with Gasteiger partial charge in [-0.15, -0.1) is 0 Å². The van der Waals surface area contributed by atoms with Crippen LogP contribution in [0.4, 0.5) is 10.2 Å². The molecule has 1 aromatic heterocycles. The third kappa shape index (κ3) is 4.64. The summed E-state index contributed by atoms with van der Waals surface area (Å²) in [5, 5.41) is 2.84. The third-order valence-corrected chi connectivity index (χ3v) is 3.30. The van der Waals surface area contributed by atoms with Gasteiger partial charge in [0.1, 0.15) is 5.82 Å². The summed E-state index contributed by atoms with van der Waals surface area (Å²) in [6.07, 6.45) is 1.31. The summed E-state index contributed by atoms with van der Waals surface area (Å²) in [6.45, 7) is 1.01. The van der Waals surface area contributed by atoms with Gasteiger partial charge in [-0.25, -0.2) is 14.2 Å². The number of carbonyl (C=O) groups excluding carboxylic acids is 2. The zero-order valence-corrected chi connectivity index (χ0v) is 13.4. The molecule has 0 aliphatic rings. The van der Waals surface area contributed by atoms with Gasteiger partial charge in [-0.05, 0) is 30.7 Å². The van der Waals surface area contributed by atoms with E-state index in [9.17, 15) is 14.0 Å². The van der Waals surface area contributed by atoms with Gasteiger partial charge in [0.05, 0.1) is 15.6 Å². The van der Waals surface area contributed by atoms with E-state index in [0.29, 0.717) is 10.6 Å². The summed E-state index contributed by atoms with van der Waals surface area (Å²) < 4.78 is 18.2. The van der Waals surface area contributed by atoms with Gasteiger partial charge in [0.2, 0.25) is 0 Å². The van der Waals surface area contributed by atoms with Crippen LogP contribution in [0.1, 0.15) is 15.9 Å². The normalized spacial score (nSPS) is 10.3. The molecule has 0 saturated carbocycles. The molecule has 0 aliphatic heterocycles. The first-order valence-electron chi connectivity index (χ1n) is 6.41. The van der Waals surface area contributed by atoms with Crippen LogP contribution in [-0.2, 0) is 9.53 Å². The molecule has 1 aromatic carbocycles. The van der Waals surface area contributed by atoms with Crippen LogP contribution >= 0.6 is 23.2 Å². The van der Waals surface area contributed by atoms with E-state index in [-0.39, 0.29) is 16.4 Å². The second-order valence-electron chi connectivity index (χ2n) is 4.57. The summed E-state index contributed by atoms with van der Waals surface area (Å²) in [5.41, 5.74) is 0.422. The van der Waals surface area contributed by atoms with Crippen molar-refractivity contribution < 1.29 is 18.7 Å². The number of aryl methyl sites for hydroxylation is 1. The maximum Gasteiger partial charge on any atom is 0.338 e. The SMILES string of the molecule is Cc1ccc(C(=O)OCC(=O)Nc2ncc(Cl)cc2Cl)cc1F. The summed E-state index contributed by atoms with van der Waals surface area (Å²) in [5.74, 6) is -1.88. The summed E-state index contributed by atoms with van der Waals surface area (Å²) in [4.78, 5) is 27.3. The van der Waals surface area contributed by atoms with Crippen LogP contribution in [0.5, 0.6) is 0 Å². The number of amides is 1. The Balaban J connectivity index is 1.93. The third-order valence-electron chi connectivity index (χ3n) is 2.81. The monoisotopic (exact) mass is 356 g/mol. The second-order valence-corrected chi connectivity index (χ2v) is 5.42. The van der Waals surface area contributed by atoms with E-state index in [1.165, 1.54) is 24.4 Å². The Hall–Kier alpha value is -2.18. The highest BCUT2D eigenvalue weighted by Gasteiger charge is 2.13. The summed E-state index contributed by atoms with van der Waals surface area (Å²) >= 11 is 11.5. The molecule has 1 amide bonds. The fraction of sp³-hybridized carbons (Fsp3) is 0.133. The lowest BCUT2D eigenvalue weighted by atomic mass is 10.1. The summed E-state index contributed by atoms with van der Waals surface area (Å²) in [6, 6.07) is 5.32. The van der Waals surface area contributed by atoms with Crippen molar-refractivity contribution in [1.82, 2.24) is 4.98 Å². The highest BCUT2D eigenvalue weighted by molar-refractivity contribution is 6.36. The standard InChI is InChI=1S/C15H11Cl2FN2O3/c1-8-2-3-9(4-12(8)18)15(22)23-7-13(21)20-14-11(17)5-10(16)6-19-14/h2-6H,7H2,1H3,(H,19,20,21). The van der Waals surface area contributed by atoms with Gasteiger partial charge in [-0.3, -0.25) is 4.79 Å². The van der Waals surface area contributed by atoms with Crippen molar-refractivity contribution in [3.05, 3.63) is 57.5 Å². The van der Waals surface area contributed by atoms with Crippen molar-refractivity contribution in [2.75, 3.05) is 11.9 Å². The smallest absolute Gasteiger partial charge is 0.338 e. The molecule has 0 fully saturated rings. The first-order valence-corrected chi connectivity index (χ1v) is 7.16. The molecule has 2 rings (SSSR count). The Morgan fingerprint density at radius 3 is 2.70 bits per heavy atom. The molecule has 120 valence electrons. The van der Waals surface area contributed by atoms with Crippen molar-refractivity contribution in [2.45, 2.75) is 6.92 Å². The molecule has 23 heavy (non-hydrogen) atoms. The van der Waals surface area contributed by atoms with E-state index in [0.717, 1.165) is 6.07 Å². The number of halogens is 3. The van der Waals surface area contributed by atoms with E-state index in [4.69, 9.17) is 27.9 Å². The number of hydrogen-bond donors (Lipinski definition) is 1. The Morgan fingerprint density at radius 1 is 1.30 bits per heavy atom. The fourth-order valence-electron chi connectivity index (χ4n) is 1.61. The largest absolute Gasteiger partial charge is 0.452 e. The van der Waals surface area contributed by atoms with Crippen LogP contribution in [-0.4, -0.2) is 23.5 Å². The Morgan fingerprint density at radius 2 is 2.04 bits per heavy atom. The first kappa shape index (κ1) is 17.2. The molecular formula is C15H11Cl2FN2O3. The number of esters is 1. The lowest BCUT2D eigenvalue weighted by molar-refractivity contribution is -0.119. The van der Waals surface area contributed by atoms with Gasteiger partial charge >= 0.3 is 5.97 Å². The number of nitrogens with one attached hydrogen (secondary N) is 1. The quantitative estimate of drug-likeness (QED) is 0.849. The lowest BCUT2D eigenvalue weighted by Crippen LogP contribution is -2.21. The molecule has 1 heterocycles.